The Balaban J connectivity index is 1.66. The van der Waals surface area contributed by atoms with Crippen LogP contribution in [0.25, 0.3) is 0 Å². The summed E-state index contributed by atoms with van der Waals surface area (Å²) in [6.45, 7) is 0.741. The van der Waals surface area contributed by atoms with E-state index >= 15 is 0 Å². The second kappa shape index (κ2) is 3.50. The molecule has 1 aliphatic heterocycles. The van der Waals surface area contributed by atoms with E-state index in [0.717, 1.165) is 19.0 Å². The van der Waals surface area contributed by atoms with E-state index in [2.05, 4.69) is 4.98 Å². The average molecular weight is 236 g/mol. The highest BCUT2D eigenvalue weighted by molar-refractivity contribution is 5.93. The van der Waals surface area contributed by atoms with Crippen LogP contribution in [0.3, 0.4) is 0 Å². The second-order valence-electron chi connectivity index (χ2n) is 4.90. The van der Waals surface area contributed by atoms with E-state index in [-0.39, 0.29) is 11.6 Å². The van der Waals surface area contributed by atoms with Gasteiger partial charge in [-0.2, -0.15) is 0 Å². The monoisotopic (exact) mass is 236 g/mol. The van der Waals surface area contributed by atoms with E-state index in [0.29, 0.717) is 19.0 Å². The van der Waals surface area contributed by atoms with Crippen LogP contribution in [-0.2, 0) is 0 Å². The van der Waals surface area contributed by atoms with Crippen LogP contribution in [0.5, 0.6) is 0 Å². The number of β-amino-alcohol motifs (C(OH)–C–C–N with tert-alkyl or cyclic N) is 1. The summed E-state index contributed by atoms with van der Waals surface area (Å²) < 4.78 is 12.7. The minimum Gasteiger partial charge on any atom is -0.386 e. The number of halogens is 1. The van der Waals surface area contributed by atoms with Gasteiger partial charge in [-0.1, -0.05) is 0 Å². The van der Waals surface area contributed by atoms with Crippen molar-refractivity contribution in [3.05, 3.63) is 29.8 Å². The van der Waals surface area contributed by atoms with Crippen LogP contribution >= 0.6 is 0 Å². The molecule has 1 N–H and O–H groups in total. The highest BCUT2D eigenvalue weighted by atomic mass is 19.1. The highest BCUT2D eigenvalue weighted by Crippen LogP contribution is 2.44. The first-order valence-electron chi connectivity index (χ1n) is 5.72. The zero-order valence-electron chi connectivity index (χ0n) is 9.27. The van der Waals surface area contributed by atoms with E-state index in [1.165, 1.54) is 12.1 Å². The molecule has 1 saturated carbocycles. The number of hydrogen-bond donors (Lipinski definition) is 1. The summed E-state index contributed by atoms with van der Waals surface area (Å²) >= 11 is 0. The fourth-order valence-electron chi connectivity index (χ4n) is 2.30. The number of carbonyl (C=O) groups excluding carboxylic acids is 1. The van der Waals surface area contributed by atoms with Crippen LogP contribution in [0.4, 0.5) is 4.39 Å². The summed E-state index contributed by atoms with van der Waals surface area (Å²) in [6, 6.07) is 2.58. The number of nitrogens with zero attached hydrogens (tertiary/aromatic N) is 2. The maximum Gasteiger partial charge on any atom is 0.272 e. The van der Waals surface area contributed by atoms with Gasteiger partial charge in [0.1, 0.15) is 17.1 Å². The molecule has 2 fully saturated rings. The standard InChI is InChI=1S/C12H13FN2O2/c13-9-3-4-10(14-5-9)11(16)15-6-12(17,7-15)8-1-2-8/h3-5,8,17H,1-2,6-7H2. The van der Waals surface area contributed by atoms with Gasteiger partial charge in [-0.05, 0) is 30.9 Å². The molecule has 2 heterocycles. The van der Waals surface area contributed by atoms with Crippen molar-refractivity contribution in [2.45, 2.75) is 18.4 Å². The third-order valence-corrected chi connectivity index (χ3v) is 3.50. The number of pyridine rings is 1. The Morgan fingerprint density at radius 1 is 1.47 bits per heavy atom. The van der Waals surface area contributed by atoms with Crippen molar-refractivity contribution in [3.8, 4) is 0 Å². The van der Waals surface area contributed by atoms with E-state index < -0.39 is 11.4 Å². The van der Waals surface area contributed by atoms with Crippen LogP contribution in [0.1, 0.15) is 23.3 Å². The third-order valence-electron chi connectivity index (χ3n) is 3.50. The first kappa shape index (κ1) is 10.7. The molecule has 1 aromatic rings. The van der Waals surface area contributed by atoms with Gasteiger partial charge < -0.3 is 10.0 Å². The molecule has 2 aliphatic rings. The summed E-state index contributed by atoms with van der Waals surface area (Å²) in [5, 5.41) is 10.1. The Morgan fingerprint density at radius 3 is 2.71 bits per heavy atom. The van der Waals surface area contributed by atoms with Gasteiger partial charge in [-0.15, -0.1) is 0 Å². The van der Waals surface area contributed by atoms with Gasteiger partial charge in [0.15, 0.2) is 0 Å². The maximum absolute atomic E-state index is 12.7. The van der Waals surface area contributed by atoms with Crippen LogP contribution < -0.4 is 0 Å². The molecule has 0 radical (unpaired) electrons. The van der Waals surface area contributed by atoms with Crippen molar-refractivity contribution in [2.24, 2.45) is 5.92 Å². The van der Waals surface area contributed by atoms with Crippen LogP contribution in [0.2, 0.25) is 0 Å². The second-order valence-corrected chi connectivity index (χ2v) is 4.90. The molecule has 0 unspecified atom stereocenters. The largest absolute Gasteiger partial charge is 0.386 e. The average Bonchev–Trinajstić information content (AvgIpc) is 3.09. The number of hydrogen-bond acceptors (Lipinski definition) is 3. The van der Waals surface area contributed by atoms with E-state index in [1.807, 2.05) is 0 Å². The molecule has 1 aliphatic carbocycles. The number of carbonyl (C=O) groups is 1. The van der Waals surface area contributed by atoms with Crippen molar-refractivity contribution in [3.63, 3.8) is 0 Å². The third kappa shape index (κ3) is 1.80. The zero-order valence-corrected chi connectivity index (χ0v) is 9.27. The van der Waals surface area contributed by atoms with Crippen LogP contribution in [0.15, 0.2) is 18.3 Å². The Labute approximate surface area is 98.1 Å². The Hall–Kier alpha value is -1.49. The molecule has 5 heteroatoms. The van der Waals surface area contributed by atoms with Gasteiger partial charge in [0, 0.05) is 0 Å². The molecule has 0 spiro atoms. The van der Waals surface area contributed by atoms with Gasteiger partial charge in [-0.25, -0.2) is 9.37 Å². The molecular weight excluding hydrogens is 223 g/mol. The van der Waals surface area contributed by atoms with Crippen molar-refractivity contribution in [1.82, 2.24) is 9.88 Å². The summed E-state index contributed by atoms with van der Waals surface area (Å²) in [5.74, 6) is -0.345. The van der Waals surface area contributed by atoms with Crippen LogP contribution in [0, 0.1) is 11.7 Å². The Morgan fingerprint density at radius 2 is 2.18 bits per heavy atom. The molecule has 0 aromatic carbocycles. The van der Waals surface area contributed by atoms with Gasteiger partial charge >= 0.3 is 0 Å². The lowest BCUT2D eigenvalue weighted by molar-refractivity contribution is -0.0959. The topological polar surface area (TPSA) is 53.4 Å². The molecule has 0 atom stereocenters. The van der Waals surface area contributed by atoms with E-state index in [1.54, 1.807) is 4.90 Å². The smallest absolute Gasteiger partial charge is 0.272 e. The quantitative estimate of drug-likeness (QED) is 0.827. The lowest BCUT2D eigenvalue weighted by Gasteiger charge is -2.46. The Kier molecular flexibility index (Phi) is 2.19. The maximum atomic E-state index is 12.7. The van der Waals surface area contributed by atoms with Gasteiger partial charge in [0.05, 0.1) is 19.3 Å². The predicted molar refractivity (Wildman–Crippen MR) is 57.8 cm³/mol. The molecule has 3 rings (SSSR count). The SMILES string of the molecule is O=C(c1ccc(F)cn1)N1CC(O)(C2CC2)C1. The minimum absolute atomic E-state index is 0.226. The zero-order chi connectivity index (χ0) is 12.0. The summed E-state index contributed by atoms with van der Waals surface area (Å²) in [5.41, 5.74) is -0.459. The first-order valence-corrected chi connectivity index (χ1v) is 5.72. The summed E-state index contributed by atoms with van der Waals surface area (Å²) in [6.07, 6.45) is 3.13. The number of likely N-dealkylation sites (tertiary alicyclic amines) is 1. The summed E-state index contributed by atoms with van der Waals surface area (Å²) in [4.78, 5) is 17.2. The fourth-order valence-corrected chi connectivity index (χ4v) is 2.30. The van der Waals surface area contributed by atoms with Crippen molar-refractivity contribution >= 4 is 5.91 Å². The number of aliphatic hydroxyl groups is 1. The molecule has 4 nitrogen and oxygen atoms in total. The highest BCUT2D eigenvalue weighted by Gasteiger charge is 2.53. The molecule has 90 valence electrons. The molecule has 0 bridgehead atoms. The number of aromatic nitrogens is 1. The number of amides is 1. The Bertz CT molecular complexity index is 450. The van der Waals surface area contributed by atoms with Crippen molar-refractivity contribution < 1.29 is 14.3 Å². The van der Waals surface area contributed by atoms with Crippen molar-refractivity contribution in [2.75, 3.05) is 13.1 Å². The lowest BCUT2D eigenvalue weighted by atomic mass is 9.88. The normalized spacial score (nSPS) is 22.1. The predicted octanol–water partition coefficient (Wildman–Crippen LogP) is 0.818. The molecule has 1 aromatic heterocycles. The van der Waals surface area contributed by atoms with Crippen LogP contribution in [-0.4, -0.2) is 39.6 Å². The lowest BCUT2D eigenvalue weighted by Crippen LogP contribution is -2.64. The molecule has 1 saturated heterocycles. The molecule has 17 heavy (non-hydrogen) atoms. The van der Waals surface area contributed by atoms with E-state index in [4.69, 9.17) is 0 Å². The summed E-state index contributed by atoms with van der Waals surface area (Å²) in [7, 11) is 0. The first-order chi connectivity index (χ1) is 8.08. The molecular formula is C12H13FN2O2. The van der Waals surface area contributed by atoms with E-state index in [9.17, 15) is 14.3 Å². The van der Waals surface area contributed by atoms with Gasteiger partial charge in [0.2, 0.25) is 0 Å². The molecule has 1 amide bonds. The minimum atomic E-state index is -0.685. The van der Waals surface area contributed by atoms with Gasteiger partial charge in [0.25, 0.3) is 5.91 Å². The number of rotatable bonds is 2. The fraction of sp³-hybridized carbons (Fsp3) is 0.500. The van der Waals surface area contributed by atoms with Crippen molar-refractivity contribution in [1.29, 1.82) is 0 Å². The van der Waals surface area contributed by atoms with Gasteiger partial charge in [-0.3, -0.25) is 4.79 Å².